The summed E-state index contributed by atoms with van der Waals surface area (Å²) >= 11 is 6.40. The van der Waals surface area contributed by atoms with Crippen molar-refractivity contribution in [3.05, 3.63) is 64.7 Å². The molecule has 6 atom stereocenters. The van der Waals surface area contributed by atoms with Crippen molar-refractivity contribution >= 4 is 33.2 Å². The van der Waals surface area contributed by atoms with Gasteiger partial charge in [-0.3, -0.25) is 9.69 Å². The molecule has 51 heavy (non-hydrogen) atoms. The lowest BCUT2D eigenvalue weighted by Gasteiger charge is -2.46. The zero-order chi connectivity index (χ0) is 36.0. The van der Waals surface area contributed by atoms with Crippen LogP contribution >= 0.6 is 11.6 Å². The molecule has 1 saturated heterocycles. The number of alkyl halides is 1. The van der Waals surface area contributed by atoms with Gasteiger partial charge in [0.05, 0.1) is 48.9 Å². The van der Waals surface area contributed by atoms with Gasteiger partial charge in [-0.1, -0.05) is 43.7 Å². The molecule has 13 heteroatoms. The highest BCUT2D eigenvalue weighted by atomic mass is 35.5. The summed E-state index contributed by atoms with van der Waals surface area (Å²) in [6.45, 7) is 6.91. The third-order valence-corrected chi connectivity index (χ3v) is 13.2. The fraction of sp³-hybridized carbons (Fsp3) is 0.579. The van der Waals surface area contributed by atoms with Gasteiger partial charge in [0.2, 0.25) is 5.91 Å². The molecule has 7 rings (SSSR count). The van der Waals surface area contributed by atoms with Crippen LogP contribution in [0.5, 0.6) is 5.75 Å². The highest BCUT2D eigenvalue weighted by molar-refractivity contribution is 7.90. The number of benzene rings is 2. The van der Waals surface area contributed by atoms with Crippen molar-refractivity contribution in [3.8, 4) is 11.8 Å². The maximum absolute atomic E-state index is 14.6. The Labute approximate surface area is 304 Å². The van der Waals surface area contributed by atoms with Gasteiger partial charge >= 0.3 is 0 Å². The zero-order valence-corrected chi connectivity index (χ0v) is 30.7. The van der Waals surface area contributed by atoms with Gasteiger partial charge < -0.3 is 19.1 Å². The van der Waals surface area contributed by atoms with Crippen LogP contribution in [0.2, 0.25) is 5.02 Å². The monoisotopic (exact) mass is 740 g/mol. The number of fused-ring (bicyclic) bond motifs is 4. The first kappa shape index (κ1) is 36.2. The van der Waals surface area contributed by atoms with Gasteiger partial charge in [0.1, 0.15) is 23.6 Å². The molecule has 2 aromatic rings. The Kier molecular flexibility index (Phi) is 10.1. The second-order valence-electron chi connectivity index (χ2n) is 15.1. The number of nitrogens with zero attached hydrogens (tertiary/aromatic N) is 3. The molecule has 4 heterocycles. The molecule has 2 fully saturated rings. The van der Waals surface area contributed by atoms with Crippen LogP contribution < -0.4 is 14.4 Å². The summed E-state index contributed by atoms with van der Waals surface area (Å²) in [6, 6.07) is 12.6. The van der Waals surface area contributed by atoms with E-state index >= 15 is 0 Å². The quantitative estimate of drug-likeness (QED) is 0.403. The number of amides is 1. The van der Waals surface area contributed by atoms with E-state index in [0.29, 0.717) is 55.7 Å². The highest BCUT2D eigenvalue weighted by Gasteiger charge is 2.46. The molecule has 5 aliphatic rings. The van der Waals surface area contributed by atoms with Crippen molar-refractivity contribution in [1.82, 2.24) is 9.62 Å². The van der Waals surface area contributed by atoms with Crippen molar-refractivity contribution in [2.45, 2.75) is 68.2 Å². The van der Waals surface area contributed by atoms with Gasteiger partial charge in [-0.25, -0.2) is 17.5 Å². The van der Waals surface area contributed by atoms with E-state index in [-0.39, 0.29) is 54.9 Å². The van der Waals surface area contributed by atoms with Gasteiger partial charge in [0, 0.05) is 37.1 Å². The summed E-state index contributed by atoms with van der Waals surface area (Å²) in [5.74, 6) is -0.290. The molecule has 10 nitrogen and oxygen atoms in total. The van der Waals surface area contributed by atoms with Crippen molar-refractivity contribution in [2.75, 3.05) is 57.4 Å². The Morgan fingerprint density at radius 3 is 2.75 bits per heavy atom. The topological polar surface area (TPSA) is 121 Å². The van der Waals surface area contributed by atoms with Crippen molar-refractivity contribution < 1.29 is 31.8 Å². The standard InChI is InChI=1S/C38H46ClFN4O6S/c1-25-4-3-5-34(48-17-15-43-21-37(40,22-43)13-14-41)31-9-6-28(31)20-44-23-38(32-10-7-29(39)18-27(32)12-16-50-38)24-49-35-11-8-30(19-33(35)44)51(46,47)42-36(45)26(25)2/h3,5,7-8,10-11,18-19,25-26,28,31,34H,4,6,9,12-13,15-17,20-24H2,1-2H3,(H,42,45)/b5-3+/t25-,26+,28-,31?,34-,38+/m0/s1. The molecule has 274 valence electrons. The lowest BCUT2D eigenvalue weighted by molar-refractivity contribution is -0.124. The van der Waals surface area contributed by atoms with Crippen LogP contribution in [-0.4, -0.2) is 83.5 Å². The number of allylic oxidation sites excluding steroid dienone is 1. The molecule has 1 amide bonds. The molecule has 1 saturated carbocycles. The first-order chi connectivity index (χ1) is 24.4. The van der Waals surface area contributed by atoms with Gasteiger partial charge in [-0.05, 0) is 84.9 Å². The fourth-order valence-corrected chi connectivity index (χ4v) is 9.52. The number of halogens is 2. The van der Waals surface area contributed by atoms with E-state index in [9.17, 15) is 17.6 Å². The van der Waals surface area contributed by atoms with Crippen LogP contribution in [0.15, 0.2) is 53.4 Å². The van der Waals surface area contributed by atoms with Crippen LogP contribution in [0.4, 0.5) is 10.1 Å². The third-order valence-electron chi connectivity index (χ3n) is 11.6. The number of hydrogen-bond donors (Lipinski definition) is 1. The van der Waals surface area contributed by atoms with Crippen LogP contribution in [0.1, 0.15) is 50.7 Å². The van der Waals surface area contributed by atoms with E-state index in [0.717, 1.165) is 30.4 Å². The number of likely N-dealkylation sites (tertiary alicyclic amines) is 1. The minimum absolute atomic E-state index is 0.00725. The molecule has 1 unspecified atom stereocenters. The number of sulfonamides is 1. The third kappa shape index (κ3) is 7.38. The summed E-state index contributed by atoms with van der Waals surface area (Å²) in [4.78, 5) is 17.4. The molecule has 0 radical (unpaired) electrons. The average molecular weight is 741 g/mol. The summed E-state index contributed by atoms with van der Waals surface area (Å²) in [6.07, 6.45) is 7.07. The second kappa shape index (κ2) is 14.3. The number of carbonyl (C=O) groups excluding carboxylic acids is 1. The Hall–Kier alpha value is -3.21. The minimum Gasteiger partial charge on any atom is -0.488 e. The SMILES string of the molecule is C[C@H]1C/C=C/[C@H](OCCN2CC(F)(CC#N)C2)C2CC[C@H]2CN2C[C@]3(COc4ccc(cc42)S(=O)(=O)NC(=O)[C@@H]1C)OCCc1cc(Cl)ccc13. The molecular formula is C38H46ClFN4O6S. The van der Waals surface area contributed by atoms with Gasteiger partial charge in [-0.15, -0.1) is 0 Å². The van der Waals surface area contributed by atoms with E-state index in [1.165, 1.54) is 6.07 Å². The predicted molar refractivity (Wildman–Crippen MR) is 191 cm³/mol. The first-order valence-electron chi connectivity index (χ1n) is 18.0. The van der Waals surface area contributed by atoms with E-state index in [1.54, 1.807) is 19.1 Å². The van der Waals surface area contributed by atoms with Crippen molar-refractivity contribution in [2.24, 2.45) is 23.7 Å². The molecule has 2 bridgehead atoms. The van der Waals surface area contributed by atoms with E-state index in [1.807, 2.05) is 42.2 Å². The normalized spacial score (nSPS) is 32.1. The van der Waals surface area contributed by atoms with Gasteiger partial charge in [-0.2, -0.15) is 5.26 Å². The van der Waals surface area contributed by atoms with Gasteiger partial charge in [0.15, 0.2) is 0 Å². The van der Waals surface area contributed by atoms with E-state index in [4.69, 9.17) is 31.1 Å². The van der Waals surface area contributed by atoms with E-state index in [2.05, 4.69) is 15.7 Å². The minimum atomic E-state index is -4.17. The Morgan fingerprint density at radius 2 is 1.98 bits per heavy atom. The lowest BCUT2D eigenvalue weighted by Crippen LogP contribution is -2.59. The maximum atomic E-state index is 14.6. The number of rotatable bonds is 5. The number of ether oxygens (including phenoxy) is 3. The number of carbonyl (C=O) groups is 1. The predicted octanol–water partition coefficient (Wildman–Crippen LogP) is 5.39. The van der Waals surface area contributed by atoms with Crippen LogP contribution in [-0.2, 0) is 36.3 Å². The molecular weight excluding hydrogens is 695 g/mol. The van der Waals surface area contributed by atoms with Crippen LogP contribution in [0, 0.1) is 35.0 Å². The highest BCUT2D eigenvalue weighted by Crippen LogP contribution is 2.46. The van der Waals surface area contributed by atoms with Crippen LogP contribution in [0.25, 0.3) is 0 Å². The largest absolute Gasteiger partial charge is 0.488 e. The molecule has 1 aliphatic carbocycles. The van der Waals surface area contributed by atoms with E-state index < -0.39 is 33.1 Å². The summed E-state index contributed by atoms with van der Waals surface area (Å²) in [5.41, 5.74) is 0.484. The Balaban J connectivity index is 1.21. The summed E-state index contributed by atoms with van der Waals surface area (Å²) in [7, 11) is -4.17. The summed E-state index contributed by atoms with van der Waals surface area (Å²) < 4.78 is 63.8. The first-order valence-corrected chi connectivity index (χ1v) is 19.8. The van der Waals surface area contributed by atoms with Crippen molar-refractivity contribution in [1.29, 1.82) is 5.26 Å². The number of nitrogens with one attached hydrogen (secondary N) is 1. The Morgan fingerprint density at radius 1 is 1.16 bits per heavy atom. The zero-order valence-electron chi connectivity index (χ0n) is 29.2. The lowest BCUT2D eigenvalue weighted by atomic mass is 9.70. The molecule has 4 aliphatic heterocycles. The smallest absolute Gasteiger partial charge is 0.264 e. The molecule has 1 N–H and O–H groups in total. The number of hydrogen-bond acceptors (Lipinski definition) is 9. The maximum Gasteiger partial charge on any atom is 0.264 e. The van der Waals surface area contributed by atoms with Crippen LogP contribution in [0.3, 0.4) is 0 Å². The molecule has 1 spiro atoms. The van der Waals surface area contributed by atoms with Gasteiger partial charge in [0.25, 0.3) is 10.0 Å². The second-order valence-corrected chi connectivity index (χ2v) is 17.2. The number of nitriles is 1. The average Bonchev–Trinajstić information content (AvgIpc) is 3.21. The number of anilines is 1. The van der Waals surface area contributed by atoms with Crippen molar-refractivity contribution in [3.63, 3.8) is 0 Å². The fourth-order valence-electron chi connectivity index (χ4n) is 8.25. The molecule has 2 aromatic carbocycles. The molecule has 0 aromatic heterocycles. The Bertz CT molecular complexity index is 1830. The summed E-state index contributed by atoms with van der Waals surface area (Å²) in [5, 5.41) is 9.61.